The Bertz CT molecular complexity index is 857. The van der Waals surface area contributed by atoms with Crippen LogP contribution in [-0.2, 0) is 11.5 Å². The average molecular weight is 384 g/mol. The minimum atomic E-state index is -1.09. The van der Waals surface area contributed by atoms with E-state index in [4.69, 9.17) is 15.2 Å². The second-order valence-electron chi connectivity index (χ2n) is 7.47. The maximum Gasteiger partial charge on any atom is 0.219 e. The quantitative estimate of drug-likeness (QED) is 0.467. The lowest BCUT2D eigenvalue weighted by Gasteiger charge is -2.16. The van der Waals surface area contributed by atoms with Crippen LogP contribution in [0.1, 0.15) is 0 Å². The average Bonchev–Trinajstić information content (AvgIpc) is 3.09. The van der Waals surface area contributed by atoms with E-state index < -0.39 is 8.07 Å². The Hall–Kier alpha value is -2.71. The van der Waals surface area contributed by atoms with Gasteiger partial charge >= 0.3 is 0 Å². The molecule has 0 saturated carbocycles. The summed E-state index contributed by atoms with van der Waals surface area (Å²) in [6.45, 7) is 8.21. The maximum absolute atomic E-state index is 5.80. The number of pyridine rings is 2. The summed E-state index contributed by atoms with van der Waals surface area (Å²) in [5.74, 6) is 1.53. The molecule has 142 valence electrons. The molecule has 3 aromatic rings. The Morgan fingerprint density at radius 3 is 2.56 bits per heavy atom. The zero-order valence-corrected chi connectivity index (χ0v) is 16.9. The van der Waals surface area contributed by atoms with Gasteiger partial charge in [-0.2, -0.15) is 5.10 Å². The zero-order chi connectivity index (χ0) is 19.3. The number of anilines is 1. The molecule has 27 heavy (non-hydrogen) atoms. The van der Waals surface area contributed by atoms with Gasteiger partial charge in [-0.25, -0.2) is 14.6 Å². The van der Waals surface area contributed by atoms with Crippen LogP contribution in [0.25, 0.3) is 11.3 Å². The smallest absolute Gasteiger partial charge is 0.219 e. The molecule has 0 aliphatic rings. The molecule has 0 bridgehead atoms. The number of rotatable bonds is 8. The van der Waals surface area contributed by atoms with E-state index in [1.165, 1.54) is 0 Å². The molecule has 0 radical (unpaired) electrons. The Morgan fingerprint density at radius 2 is 1.89 bits per heavy atom. The van der Waals surface area contributed by atoms with Gasteiger partial charge in [0.05, 0.1) is 11.9 Å². The molecule has 3 heterocycles. The lowest BCUT2D eigenvalue weighted by molar-refractivity contribution is 0.0798. The van der Waals surface area contributed by atoms with E-state index in [0.717, 1.165) is 23.9 Å². The molecule has 0 spiro atoms. The normalized spacial score (nSPS) is 11.5. The first kappa shape index (κ1) is 19.1. The largest absolute Gasteiger partial charge is 0.437 e. The van der Waals surface area contributed by atoms with Gasteiger partial charge in [-0.15, -0.1) is 0 Å². The summed E-state index contributed by atoms with van der Waals surface area (Å²) in [4.78, 5) is 8.36. The molecule has 0 amide bonds. The highest BCUT2D eigenvalue weighted by Gasteiger charge is 2.13. The lowest BCUT2D eigenvalue weighted by atomic mass is 10.2. The van der Waals surface area contributed by atoms with Crippen LogP contribution in [0.2, 0.25) is 25.7 Å². The van der Waals surface area contributed by atoms with Gasteiger partial charge in [0.2, 0.25) is 5.88 Å². The summed E-state index contributed by atoms with van der Waals surface area (Å²) in [6.07, 6.45) is 5.09. The Labute approximate surface area is 160 Å². The monoisotopic (exact) mass is 383 g/mol. The van der Waals surface area contributed by atoms with Crippen LogP contribution in [0.4, 0.5) is 5.82 Å². The summed E-state index contributed by atoms with van der Waals surface area (Å²) in [6, 6.07) is 10.3. The second kappa shape index (κ2) is 8.32. The molecule has 2 N–H and O–H groups in total. The van der Waals surface area contributed by atoms with Crippen molar-refractivity contribution in [3.63, 3.8) is 0 Å². The van der Waals surface area contributed by atoms with Crippen LogP contribution in [-0.4, -0.2) is 34.4 Å². The molecule has 3 aromatic heterocycles. The summed E-state index contributed by atoms with van der Waals surface area (Å²) in [5.41, 5.74) is 7.48. The lowest BCUT2D eigenvalue weighted by Crippen LogP contribution is -2.22. The first-order valence-electron chi connectivity index (χ1n) is 8.86. The first-order valence-corrected chi connectivity index (χ1v) is 12.6. The van der Waals surface area contributed by atoms with Gasteiger partial charge in [-0.05, 0) is 30.3 Å². The number of hydrogen-bond donors (Lipinski definition) is 1. The Morgan fingerprint density at radius 1 is 1.04 bits per heavy atom. The number of nitrogens with zero attached hydrogens (tertiary/aromatic N) is 4. The highest BCUT2D eigenvalue weighted by molar-refractivity contribution is 6.76. The van der Waals surface area contributed by atoms with Gasteiger partial charge in [0.25, 0.3) is 0 Å². The molecule has 0 aliphatic heterocycles. The number of aromatic nitrogens is 4. The van der Waals surface area contributed by atoms with Crippen LogP contribution in [0, 0.1) is 0 Å². The van der Waals surface area contributed by atoms with Crippen LogP contribution < -0.4 is 10.5 Å². The standard InChI is InChI=1S/C19H25N5O2Si/c1-27(2,3)11-10-25-14-24-17(8-9-23-24)15-4-7-19(22-12-15)26-16-5-6-18(20)21-13-16/h4-9,12-13H,10-11,14H2,1-3H3,(H2,20,21). The predicted molar refractivity (Wildman–Crippen MR) is 108 cm³/mol. The van der Waals surface area contributed by atoms with E-state index in [-0.39, 0.29) is 0 Å². The van der Waals surface area contributed by atoms with Gasteiger partial charge in [0.15, 0.2) is 0 Å². The summed E-state index contributed by atoms with van der Waals surface area (Å²) in [5, 5.41) is 4.35. The van der Waals surface area contributed by atoms with Gasteiger partial charge in [-0.1, -0.05) is 19.6 Å². The van der Waals surface area contributed by atoms with E-state index in [2.05, 4.69) is 34.7 Å². The topological polar surface area (TPSA) is 88.1 Å². The van der Waals surface area contributed by atoms with Crippen molar-refractivity contribution >= 4 is 13.9 Å². The fourth-order valence-electron chi connectivity index (χ4n) is 2.38. The Balaban J connectivity index is 1.62. The van der Waals surface area contributed by atoms with Crippen molar-refractivity contribution in [2.45, 2.75) is 32.4 Å². The van der Waals surface area contributed by atoms with E-state index >= 15 is 0 Å². The molecule has 0 aromatic carbocycles. The van der Waals surface area contributed by atoms with Crippen LogP contribution in [0.5, 0.6) is 11.6 Å². The van der Waals surface area contributed by atoms with Crippen molar-refractivity contribution < 1.29 is 9.47 Å². The number of hydrogen-bond acceptors (Lipinski definition) is 6. The third kappa shape index (κ3) is 5.63. The molecular formula is C19H25N5O2Si. The van der Waals surface area contributed by atoms with Crippen molar-refractivity contribution in [1.82, 2.24) is 19.7 Å². The van der Waals surface area contributed by atoms with Crippen molar-refractivity contribution in [3.05, 3.63) is 48.9 Å². The van der Waals surface area contributed by atoms with Gasteiger partial charge in [0.1, 0.15) is 18.3 Å². The van der Waals surface area contributed by atoms with Crippen molar-refractivity contribution in [1.29, 1.82) is 0 Å². The number of nitrogen functional groups attached to an aromatic ring is 1. The minimum Gasteiger partial charge on any atom is -0.437 e. The summed E-state index contributed by atoms with van der Waals surface area (Å²) in [7, 11) is -1.09. The molecule has 0 fully saturated rings. The highest BCUT2D eigenvalue weighted by Crippen LogP contribution is 2.23. The predicted octanol–water partition coefficient (Wildman–Crippen LogP) is 4.03. The molecule has 0 saturated heterocycles. The van der Waals surface area contributed by atoms with Gasteiger partial charge in [-0.3, -0.25) is 0 Å². The van der Waals surface area contributed by atoms with Gasteiger partial charge < -0.3 is 15.2 Å². The minimum absolute atomic E-state index is 0.433. The van der Waals surface area contributed by atoms with Crippen molar-refractivity contribution in [2.75, 3.05) is 12.3 Å². The third-order valence-corrected chi connectivity index (χ3v) is 5.64. The van der Waals surface area contributed by atoms with E-state index in [1.807, 2.05) is 22.9 Å². The molecule has 8 heteroatoms. The van der Waals surface area contributed by atoms with E-state index in [9.17, 15) is 0 Å². The van der Waals surface area contributed by atoms with E-state index in [0.29, 0.717) is 24.2 Å². The molecule has 7 nitrogen and oxygen atoms in total. The van der Waals surface area contributed by atoms with Crippen LogP contribution in [0.3, 0.4) is 0 Å². The van der Waals surface area contributed by atoms with E-state index in [1.54, 1.807) is 30.7 Å². The van der Waals surface area contributed by atoms with Crippen molar-refractivity contribution in [3.8, 4) is 22.9 Å². The van der Waals surface area contributed by atoms with Crippen molar-refractivity contribution in [2.24, 2.45) is 0 Å². The van der Waals surface area contributed by atoms with Gasteiger partial charge in [0, 0.05) is 38.7 Å². The van der Waals surface area contributed by atoms with Crippen LogP contribution >= 0.6 is 0 Å². The summed E-state index contributed by atoms with van der Waals surface area (Å²) >= 11 is 0. The first-order chi connectivity index (χ1) is 12.9. The number of nitrogens with two attached hydrogens (primary N) is 1. The summed E-state index contributed by atoms with van der Waals surface area (Å²) < 4.78 is 13.3. The molecule has 3 rings (SSSR count). The Kier molecular flexibility index (Phi) is 5.87. The number of ether oxygens (including phenoxy) is 2. The molecule has 0 atom stereocenters. The zero-order valence-electron chi connectivity index (χ0n) is 15.9. The highest BCUT2D eigenvalue weighted by atomic mass is 28.3. The second-order valence-corrected chi connectivity index (χ2v) is 13.1. The fraction of sp³-hybridized carbons (Fsp3) is 0.316. The molecular weight excluding hydrogens is 358 g/mol. The molecule has 0 unspecified atom stereocenters. The third-order valence-electron chi connectivity index (χ3n) is 3.94. The SMILES string of the molecule is C[Si](C)(C)CCOCn1nccc1-c1ccc(Oc2ccc(N)nc2)nc1. The fourth-order valence-corrected chi connectivity index (χ4v) is 3.13. The maximum atomic E-state index is 5.80. The molecule has 0 aliphatic carbocycles. The van der Waals surface area contributed by atoms with Crippen LogP contribution in [0.15, 0.2) is 48.9 Å².